The molecule has 1 aromatic carbocycles. The highest BCUT2D eigenvalue weighted by Gasteiger charge is 2.17. The third-order valence-electron chi connectivity index (χ3n) is 3.05. The monoisotopic (exact) mass is 382 g/mol. The molecule has 0 unspecified atom stereocenters. The lowest BCUT2D eigenvalue weighted by molar-refractivity contribution is 0.256. The second-order valence-electron chi connectivity index (χ2n) is 4.80. The molecular formula is C14H18N6O5S. The highest BCUT2D eigenvalue weighted by molar-refractivity contribution is 7.91. The molecule has 0 saturated heterocycles. The van der Waals surface area contributed by atoms with Crippen LogP contribution in [0.25, 0.3) is 0 Å². The Balaban J connectivity index is 2.09. The fourth-order valence-electron chi connectivity index (χ4n) is 1.92. The van der Waals surface area contributed by atoms with Gasteiger partial charge in [0.2, 0.25) is 5.95 Å². The number of nitrogens with zero attached hydrogens (tertiary/aromatic N) is 3. The third kappa shape index (κ3) is 5.17. The van der Waals surface area contributed by atoms with Crippen molar-refractivity contribution >= 4 is 27.9 Å². The first-order valence-corrected chi connectivity index (χ1v) is 8.88. The fraction of sp³-hybridized carbons (Fsp3) is 0.286. The van der Waals surface area contributed by atoms with E-state index in [1.54, 1.807) is 24.3 Å². The number of rotatable bonds is 7. The molecule has 0 spiro atoms. The highest BCUT2D eigenvalue weighted by Crippen LogP contribution is 2.16. The Bertz CT molecular complexity index is 867. The molecule has 0 aliphatic heterocycles. The molecule has 0 aliphatic rings. The molecule has 0 atom stereocenters. The van der Waals surface area contributed by atoms with Gasteiger partial charge in [-0.05, 0) is 18.1 Å². The summed E-state index contributed by atoms with van der Waals surface area (Å²) in [6.07, 6.45) is 0.620. The largest absolute Gasteiger partial charge is 0.467 e. The summed E-state index contributed by atoms with van der Waals surface area (Å²) in [4.78, 5) is 23.2. The molecule has 0 radical (unpaired) electrons. The number of carbonyl (C=O) groups is 1. The Morgan fingerprint density at radius 3 is 2.27 bits per heavy atom. The number of methoxy groups -OCH3 is 2. The summed E-state index contributed by atoms with van der Waals surface area (Å²) in [7, 11) is -1.53. The van der Waals surface area contributed by atoms with Crippen LogP contribution in [0.1, 0.15) is 12.5 Å². The molecule has 2 amide bonds. The smallest absolute Gasteiger partial charge is 0.336 e. The number of urea groups is 1. The first-order valence-electron chi connectivity index (χ1n) is 7.40. The number of hydrogen-bond donors (Lipinski definition) is 3. The number of para-hydroxylation sites is 1. The molecule has 0 fully saturated rings. The minimum Gasteiger partial charge on any atom is -0.467 e. The van der Waals surface area contributed by atoms with E-state index in [9.17, 15) is 13.2 Å². The van der Waals surface area contributed by atoms with Gasteiger partial charge in [0.1, 0.15) is 0 Å². The summed E-state index contributed by atoms with van der Waals surface area (Å²) >= 11 is 0. The maximum atomic E-state index is 12.1. The zero-order valence-electron chi connectivity index (χ0n) is 14.3. The summed E-state index contributed by atoms with van der Waals surface area (Å²) in [6.45, 7) is 1.88. The number of hydrogen-bond acceptors (Lipinski definition) is 8. The maximum absolute atomic E-state index is 12.1. The van der Waals surface area contributed by atoms with Gasteiger partial charge in [-0.2, -0.15) is 18.4 Å². The molecule has 1 heterocycles. The van der Waals surface area contributed by atoms with Crippen molar-refractivity contribution in [2.75, 3.05) is 24.3 Å². The van der Waals surface area contributed by atoms with Gasteiger partial charge >= 0.3 is 28.3 Å². The van der Waals surface area contributed by atoms with Crippen LogP contribution in [-0.2, 0) is 16.6 Å². The molecule has 12 heteroatoms. The molecular weight excluding hydrogens is 364 g/mol. The second kappa shape index (κ2) is 8.29. The Labute approximate surface area is 150 Å². The quantitative estimate of drug-likeness (QED) is 0.641. The number of nitrogens with one attached hydrogen (secondary N) is 3. The van der Waals surface area contributed by atoms with E-state index in [-0.39, 0.29) is 18.0 Å². The van der Waals surface area contributed by atoms with Crippen LogP contribution in [-0.4, -0.2) is 43.6 Å². The van der Waals surface area contributed by atoms with Gasteiger partial charge in [0, 0.05) is 0 Å². The standard InChI is InChI=1S/C14H18N6O5S/c1-4-9-7-5-6-8-10(9)19-26(22,23)20-12(21)15-11-16-13(24-2)18-14(17-11)25-3/h5-8,19H,4H2,1-3H3,(H2,15,16,17,18,20,21). The van der Waals surface area contributed by atoms with Crippen LogP contribution in [0.5, 0.6) is 12.0 Å². The Hall–Kier alpha value is -3.15. The van der Waals surface area contributed by atoms with Crippen molar-refractivity contribution in [2.24, 2.45) is 0 Å². The predicted molar refractivity (Wildman–Crippen MR) is 93.4 cm³/mol. The van der Waals surface area contributed by atoms with E-state index < -0.39 is 16.2 Å². The molecule has 0 bridgehead atoms. The van der Waals surface area contributed by atoms with Gasteiger partial charge in [0.05, 0.1) is 19.9 Å². The van der Waals surface area contributed by atoms with Crippen molar-refractivity contribution in [2.45, 2.75) is 13.3 Å². The summed E-state index contributed by atoms with van der Waals surface area (Å²) in [5.41, 5.74) is 1.16. The van der Waals surface area contributed by atoms with Gasteiger partial charge in [-0.3, -0.25) is 10.0 Å². The van der Waals surface area contributed by atoms with Gasteiger partial charge in [-0.15, -0.1) is 4.98 Å². The van der Waals surface area contributed by atoms with E-state index in [1.807, 2.05) is 11.6 Å². The molecule has 1 aromatic heterocycles. The lowest BCUT2D eigenvalue weighted by Crippen LogP contribution is -2.38. The minimum atomic E-state index is -4.16. The molecule has 2 aromatic rings. The van der Waals surface area contributed by atoms with Crippen LogP contribution in [0.2, 0.25) is 0 Å². The second-order valence-corrected chi connectivity index (χ2v) is 6.22. The van der Waals surface area contributed by atoms with Gasteiger partial charge < -0.3 is 9.47 Å². The van der Waals surface area contributed by atoms with Gasteiger partial charge in [-0.1, -0.05) is 25.1 Å². The van der Waals surface area contributed by atoms with Crippen molar-refractivity contribution in [1.29, 1.82) is 0 Å². The molecule has 2 rings (SSSR count). The number of amides is 2. The number of ether oxygens (including phenoxy) is 2. The summed E-state index contributed by atoms with van der Waals surface area (Å²) < 4.78 is 38.0. The van der Waals surface area contributed by atoms with E-state index in [1.165, 1.54) is 14.2 Å². The molecule has 140 valence electrons. The van der Waals surface area contributed by atoms with Crippen LogP contribution in [0, 0.1) is 0 Å². The van der Waals surface area contributed by atoms with Crippen molar-refractivity contribution in [3.8, 4) is 12.0 Å². The highest BCUT2D eigenvalue weighted by atomic mass is 32.2. The topological polar surface area (TPSA) is 144 Å². The number of anilines is 2. The molecule has 11 nitrogen and oxygen atoms in total. The van der Waals surface area contributed by atoms with Crippen LogP contribution >= 0.6 is 0 Å². The number of carbonyl (C=O) groups excluding carboxylic acids is 1. The maximum Gasteiger partial charge on any atom is 0.336 e. The first-order chi connectivity index (χ1) is 12.4. The van der Waals surface area contributed by atoms with Crippen LogP contribution in [0.15, 0.2) is 24.3 Å². The van der Waals surface area contributed by atoms with Crippen LogP contribution < -0.4 is 24.2 Å². The lowest BCUT2D eigenvalue weighted by atomic mass is 10.1. The Morgan fingerprint density at radius 1 is 1.08 bits per heavy atom. The molecule has 0 saturated carbocycles. The van der Waals surface area contributed by atoms with Gasteiger partial charge in [0.25, 0.3) is 0 Å². The zero-order chi connectivity index (χ0) is 19.2. The van der Waals surface area contributed by atoms with Gasteiger partial charge in [-0.25, -0.2) is 9.52 Å². The van der Waals surface area contributed by atoms with E-state index >= 15 is 0 Å². The Morgan fingerprint density at radius 2 is 1.69 bits per heavy atom. The zero-order valence-corrected chi connectivity index (χ0v) is 15.1. The average molecular weight is 382 g/mol. The number of aryl methyl sites for hydroxylation is 1. The predicted octanol–water partition coefficient (Wildman–Crippen LogP) is 0.930. The third-order valence-corrected chi connectivity index (χ3v) is 4.00. The fourth-order valence-corrected chi connectivity index (χ4v) is 2.76. The lowest BCUT2D eigenvalue weighted by Gasteiger charge is -2.12. The van der Waals surface area contributed by atoms with E-state index in [4.69, 9.17) is 9.47 Å². The number of benzene rings is 1. The molecule has 26 heavy (non-hydrogen) atoms. The van der Waals surface area contributed by atoms with E-state index in [0.29, 0.717) is 12.1 Å². The average Bonchev–Trinajstić information content (AvgIpc) is 2.60. The molecule has 0 aliphatic carbocycles. The van der Waals surface area contributed by atoms with Crippen molar-refractivity contribution in [3.05, 3.63) is 29.8 Å². The van der Waals surface area contributed by atoms with Crippen LogP contribution in [0.4, 0.5) is 16.4 Å². The summed E-state index contributed by atoms with van der Waals surface area (Å²) in [6, 6.07) is 5.56. The summed E-state index contributed by atoms with van der Waals surface area (Å²) in [5, 5.41) is 2.17. The number of aromatic nitrogens is 3. The van der Waals surface area contributed by atoms with Crippen molar-refractivity contribution in [3.63, 3.8) is 0 Å². The van der Waals surface area contributed by atoms with Crippen LogP contribution in [0.3, 0.4) is 0 Å². The van der Waals surface area contributed by atoms with Crippen molar-refractivity contribution < 1.29 is 22.7 Å². The summed E-state index contributed by atoms with van der Waals surface area (Å²) in [5.74, 6) is -0.240. The Kier molecular flexibility index (Phi) is 6.11. The van der Waals surface area contributed by atoms with Crippen molar-refractivity contribution in [1.82, 2.24) is 19.7 Å². The SMILES string of the molecule is CCc1ccccc1NS(=O)(=O)NC(=O)Nc1nc(OC)nc(OC)n1. The van der Waals surface area contributed by atoms with E-state index in [2.05, 4.69) is 25.0 Å². The normalized spacial score (nSPS) is 10.7. The molecule has 3 N–H and O–H groups in total. The van der Waals surface area contributed by atoms with Gasteiger partial charge in [0.15, 0.2) is 0 Å². The first kappa shape index (κ1) is 19.2. The van der Waals surface area contributed by atoms with E-state index in [0.717, 1.165) is 5.56 Å². The minimum absolute atomic E-state index is 0.106.